The van der Waals surface area contributed by atoms with Crippen LogP contribution in [0, 0.1) is 13.8 Å². The normalized spacial score (nSPS) is 15.6. The van der Waals surface area contributed by atoms with Crippen LogP contribution >= 0.6 is 0 Å². The van der Waals surface area contributed by atoms with Gasteiger partial charge in [0, 0.05) is 37.2 Å². The molecule has 0 unspecified atom stereocenters. The van der Waals surface area contributed by atoms with E-state index in [1.54, 1.807) is 10.9 Å². The number of likely N-dealkylation sites (tertiary alicyclic amines) is 1. The Morgan fingerprint density at radius 1 is 1.28 bits per heavy atom. The molecule has 2 aromatic heterocycles. The van der Waals surface area contributed by atoms with E-state index in [0.29, 0.717) is 13.1 Å². The van der Waals surface area contributed by atoms with Crippen molar-refractivity contribution in [2.45, 2.75) is 46.2 Å². The number of rotatable bonds is 4. The topological polar surface area (TPSA) is 80.4 Å². The van der Waals surface area contributed by atoms with Gasteiger partial charge in [-0.25, -0.2) is 4.79 Å². The minimum Gasteiger partial charge on any atom is -0.478 e. The molecule has 7 nitrogen and oxygen atoms in total. The van der Waals surface area contributed by atoms with E-state index in [1.165, 1.54) is 6.20 Å². The molecule has 0 aromatic carbocycles. The molecule has 0 spiro atoms. The summed E-state index contributed by atoms with van der Waals surface area (Å²) in [7, 11) is 0. The van der Waals surface area contributed by atoms with E-state index >= 15 is 0 Å². The Hall–Kier alpha value is -2.57. The number of carbonyl (C=O) groups excluding carboxylic acids is 1. The summed E-state index contributed by atoms with van der Waals surface area (Å²) in [6.45, 7) is 8.27. The highest BCUT2D eigenvalue weighted by Crippen LogP contribution is 2.25. The molecule has 0 bridgehead atoms. The number of nitrogens with zero attached hydrogens (tertiary/aromatic N) is 4. The maximum absolute atomic E-state index is 12.9. The summed E-state index contributed by atoms with van der Waals surface area (Å²) in [6.07, 6.45) is 4.50. The molecule has 1 aliphatic heterocycles. The van der Waals surface area contributed by atoms with Crippen LogP contribution in [-0.4, -0.2) is 49.3 Å². The third-order valence-electron chi connectivity index (χ3n) is 5.09. The molecule has 134 valence electrons. The van der Waals surface area contributed by atoms with Gasteiger partial charge in [0.05, 0.1) is 23.4 Å². The average Bonchev–Trinajstić information content (AvgIpc) is 3.19. The maximum Gasteiger partial charge on any atom is 0.338 e. The van der Waals surface area contributed by atoms with E-state index < -0.39 is 5.97 Å². The van der Waals surface area contributed by atoms with Gasteiger partial charge in [-0.05, 0) is 39.7 Å². The molecule has 1 fully saturated rings. The van der Waals surface area contributed by atoms with Crippen LogP contribution in [0.4, 0.5) is 0 Å². The second kappa shape index (κ2) is 6.74. The van der Waals surface area contributed by atoms with E-state index in [2.05, 4.69) is 16.6 Å². The molecule has 1 amide bonds. The van der Waals surface area contributed by atoms with Gasteiger partial charge in [0.1, 0.15) is 0 Å². The van der Waals surface area contributed by atoms with Crippen LogP contribution in [0.15, 0.2) is 18.5 Å². The van der Waals surface area contributed by atoms with Crippen molar-refractivity contribution >= 4 is 11.9 Å². The van der Waals surface area contributed by atoms with E-state index in [0.717, 1.165) is 36.3 Å². The Morgan fingerprint density at radius 3 is 2.48 bits per heavy atom. The van der Waals surface area contributed by atoms with Crippen LogP contribution in [0.25, 0.3) is 0 Å². The van der Waals surface area contributed by atoms with Crippen molar-refractivity contribution < 1.29 is 14.7 Å². The molecule has 0 aliphatic carbocycles. The molecule has 7 heteroatoms. The third-order valence-corrected chi connectivity index (χ3v) is 5.09. The monoisotopic (exact) mass is 344 g/mol. The molecule has 3 rings (SSSR count). The molecule has 0 atom stereocenters. The first-order valence-corrected chi connectivity index (χ1v) is 8.65. The van der Waals surface area contributed by atoms with Gasteiger partial charge >= 0.3 is 5.97 Å². The lowest BCUT2D eigenvalue weighted by atomic mass is 10.0. The predicted molar refractivity (Wildman–Crippen MR) is 92.9 cm³/mol. The molecule has 3 heterocycles. The summed E-state index contributed by atoms with van der Waals surface area (Å²) >= 11 is 0. The van der Waals surface area contributed by atoms with Gasteiger partial charge in [-0.1, -0.05) is 0 Å². The number of hydrogen-bond acceptors (Lipinski definition) is 3. The standard InChI is InChI=1S/C18H24N4O3/c1-4-21-12(2)9-16(13(21)3)17(23)20-7-5-15(6-8-20)22-11-14(10-19-22)18(24)25/h9-11,15H,4-8H2,1-3H3,(H,24,25). The lowest BCUT2D eigenvalue weighted by molar-refractivity contribution is 0.0687. The van der Waals surface area contributed by atoms with Crippen LogP contribution in [-0.2, 0) is 6.54 Å². The fourth-order valence-corrected chi connectivity index (χ4v) is 3.66. The molecule has 0 saturated carbocycles. The minimum atomic E-state index is -0.967. The van der Waals surface area contributed by atoms with Gasteiger partial charge in [0.2, 0.25) is 0 Å². The van der Waals surface area contributed by atoms with Crippen molar-refractivity contribution in [1.82, 2.24) is 19.2 Å². The zero-order valence-corrected chi connectivity index (χ0v) is 14.9. The third kappa shape index (κ3) is 3.18. The van der Waals surface area contributed by atoms with Gasteiger partial charge in [-0.3, -0.25) is 9.48 Å². The zero-order chi connectivity index (χ0) is 18.1. The number of aromatic nitrogens is 3. The zero-order valence-electron chi connectivity index (χ0n) is 14.9. The summed E-state index contributed by atoms with van der Waals surface area (Å²) < 4.78 is 3.87. The Labute approximate surface area is 146 Å². The number of aryl methyl sites for hydroxylation is 1. The molecular weight excluding hydrogens is 320 g/mol. The van der Waals surface area contributed by atoms with Crippen molar-refractivity contribution in [3.63, 3.8) is 0 Å². The molecule has 2 aromatic rings. The van der Waals surface area contributed by atoms with Crippen molar-refractivity contribution in [2.24, 2.45) is 0 Å². The van der Waals surface area contributed by atoms with Gasteiger partial charge in [-0.15, -0.1) is 0 Å². The SMILES string of the molecule is CCn1c(C)cc(C(=O)N2CCC(n3cc(C(=O)O)cn3)CC2)c1C. The van der Waals surface area contributed by atoms with Crippen LogP contribution in [0.3, 0.4) is 0 Å². The number of piperidine rings is 1. The van der Waals surface area contributed by atoms with Gasteiger partial charge in [0.15, 0.2) is 0 Å². The highest BCUT2D eigenvalue weighted by Gasteiger charge is 2.27. The van der Waals surface area contributed by atoms with Crippen molar-refractivity contribution in [3.8, 4) is 0 Å². The van der Waals surface area contributed by atoms with Crippen LogP contribution < -0.4 is 0 Å². The molecule has 1 N–H and O–H groups in total. The van der Waals surface area contributed by atoms with Gasteiger partial charge in [-0.2, -0.15) is 5.10 Å². The van der Waals surface area contributed by atoms with Crippen LogP contribution in [0.1, 0.15) is 57.9 Å². The second-order valence-corrected chi connectivity index (χ2v) is 6.57. The lowest BCUT2D eigenvalue weighted by Crippen LogP contribution is -2.39. The van der Waals surface area contributed by atoms with E-state index in [9.17, 15) is 9.59 Å². The number of carboxylic acid groups (broad SMARTS) is 1. The van der Waals surface area contributed by atoms with Crippen molar-refractivity contribution in [2.75, 3.05) is 13.1 Å². The quantitative estimate of drug-likeness (QED) is 0.924. The summed E-state index contributed by atoms with van der Waals surface area (Å²) in [5.74, 6) is -0.886. The van der Waals surface area contributed by atoms with Gasteiger partial charge < -0.3 is 14.6 Å². The fraction of sp³-hybridized carbons (Fsp3) is 0.500. The summed E-state index contributed by atoms with van der Waals surface area (Å²) in [5, 5.41) is 13.2. The molecule has 0 radical (unpaired) electrons. The Bertz CT molecular complexity index is 797. The molecule has 1 aliphatic rings. The van der Waals surface area contributed by atoms with E-state index in [4.69, 9.17) is 5.11 Å². The van der Waals surface area contributed by atoms with E-state index in [1.807, 2.05) is 24.8 Å². The number of carboxylic acids is 1. The summed E-state index contributed by atoms with van der Waals surface area (Å²) in [4.78, 5) is 25.7. The predicted octanol–water partition coefficient (Wildman–Crippen LogP) is 2.50. The number of amides is 1. The van der Waals surface area contributed by atoms with Crippen LogP contribution in [0.5, 0.6) is 0 Å². The van der Waals surface area contributed by atoms with Crippen molar-refractivity contribution in [3.05, 3.63) is 41.0 Å². The van der Waals surface area contributed by atoms with E-state index in [-0.39, 0.29) is 17.5 Å². The smallest absolute Gasteiger partial charge is 0.338 e. The lowest BCUT2D eigenvalue weighted by Gasteiger charge is -2.32. The van der Waals surface area contributed by atoms with Crippen molar-refractivity contribution in [1.29, 1.82) is 0 Å². The first-order chi connectivity index (χ1) is 11.9. The first kappa shape index (κ1) is 17.3. The Morgan fingerprint density at radius 2 is 1.96 bits per heavy atom. The first-order valence-electron chi connectivity index (χ1n) is 8.65. The number of hydrogen-bond donors (Lipinski definition) is 1. The van der Waals surface area contributed by atoms with Gasteiger partial charge in [0.25, 0.3) is 5.91 Å². The summed E-state index contributed by atoms with van der Waals surface area (Å²) in [5.41, 5.74) is 3.11. The number of carbonyl (C=O) groups is 2. The Balaban J connectivity index is 1.67. The minimum absolute atomic E-state index is 0.0814. The Kier molecular flexibility index (Phi) is 4.65. The second-order valence-electron chi connectivity index (χ2n) is 6.57. The maximum atomic E-state index is 12.9. The highest BCUT2D eigenvalue weighted by atomic mass is 16.4. The highest BCUT2D eigenvalue weighted by molar-refractivity contribution is 5.95. The molecular formula is C18H24N4O3. The summed E-state index contributed by atoms with van der Waals surface area (Å²) in [6, 6.07) is 2.11. The number of aromatic carboxylic acids is 1. The molecule has 1 saturated heterocycles. The van der Waals surface area contributed by atoms with Crippen LogP contribution in [0.2, 0.25) is 0 Å². The molecule has 25 heavy (non-hydrogen) atoms. The average molecular weight is 344 g/mol. The largest absolute Gasteiger partial charge is 0.478 e. The fourth-order valence-electron chi connectivity index (χ4n) is 3.66.